The van der Waals surface area contributed by atoms with Crippen LogP contribution in [-0.4, -0.2) is 53.3 Å². The number of rotatable bonds is 7. The van der Waals surface area contributed by atoms with E-state index < -0.39 is 0 Å². The van der Waals surface area contributed by atoms with Crippen LogP contribution in [0.2, 0.25) is 0 Å². The van der Waals surface area contributed by atoms with Gasteiger partial charge in [0.2, 0.25) is 11.1 Å². The molecule has 1 aromatic heterocycles. The Morgan fingerprint density at radius 3 is 2.30 bits per heavy atom. The Kier molecular flexibility index (Phi) is 6.50. The van der Waals surface area contributed by atoms with Crippen molar-refractivity contribution in [1.82, 2.24) is 9.36 Å². The summed E-state index contributed by atoms with van der Waals surface area (Å²) >= 11 is 1.42. The van der Waals surface area contributed by atoms with Gasteiger partial charge in [-0.3, -0.25) is 0 Å². The van der Waals surface area contributed by atoms with E-state index in [9.17, 15) is 5.11 Å². The van der Waals surface area contributed by atoms with Crippen molar-refractivity contribution in [1.29, 1.82) is 0 Å². The molecular weight excluding hydrogens is 394 g/mol. The number of aromatic nitrogens is 2. The molecule has 1 fully saturated rings. The van der Waals surface area contributed by atoms with Gasteiger partial charge in [-0.1, -0.05) is 48.5 Å². The molecule has 1 aliphatic heterocycles. The quantitative estimate of drug-likeness (QED) is 0.606. The summed E-state index contributed by atoms with van der Waals surface area (Å²) in [5.41, 5.74) is 5.21. The molecule has 0 amide bonds. The molecule has 1 saturated heterocycles. The van der Waals surface area contributed by atoms with Crippen LogP contribution >= 0.6 is 11.5 Å². The van der Waals surface area contributed by atoms with Crippen LogP contribution < -0.4 is 15.1 Å². The molecule has 2 aromatic carbocycles. The van der Waals surface area contributed by atoms with Crippen LogP contribution in [0.15, 0.2) is 48.5 Å². The van der Waals surface area contributed by atoms with E-state index in [0.29, 0.717) is 5.95 Å². The van der Waals surface area contributed by atoms with Gasteiger partial charge in [-0.25, -0.2) is 0 Å². The zero-order valence-corrected chi connectivity index (χ0v) is 18.4. The van der Waals surface area contributed by atoms with Gasteiger partial charge in [0.1, 0.15) is 0 Å². The van der Waals surface area contributed by atoms with Crippen LogP contribution in [0, 0.1) is 13.8 Å². The van der Waals surface area contributed by atoms with Crippen molar-refractivity contribution >= 4 is 28.3 Å². The first kappa shape index (κ1) is 20.6. The minimum Gasteiger partial charge on any atom is -0.394 e. The van der Waals surface area contributed by atoms with Crippen molar-refractivity contribution in [2.45, 2.75) is 26.3 Å². The first-order valence-corrected chi connectivity index (χ1v) is 11.2. The summed E-state index contributed by atoms with van der Waals surface area (Å²) in [5, 5.41) is 14.0. The highest BCUT2D eigenvalue weighted by Crippen LogP contribution is 2.28. The minimum absolute atomic E-state index is 0.0396. The van der Waals surface area contributed by atoms with Crippen molar-refractivity contribution in [2.24, 2.45) is 0 Å². The molecule has 2 N–H and O–H groups in total. The van der Waals surface area contributed by atoms with Gasteiger partial charge in [-0.05, 0) is 37.0 Å². The fourth-order valence-corrected chi connectivity index (χ4v) is 4.76. The number of aliphatic hydroxyl groups excluding tert-OH is 1. The zero-order chi connectivity index (χ0) is 20.9. The minimum atomic E-state index is -0.101. The maximum absolute atomic E-state index is 9.76. The predicted molar refractivity (Wildman–Crippen MR) is 125 cm³/mol. The second-order valence-corrected chi connectivity index (χ2v) is 8.56. The predicted octanol–water partition coefficient (Wildman–Crippen LogP) is 3.50. The Morgan fingerprint density at radius 2 is 1.63 bits per heavy atom. The Morgan fingerprint density at radius 1 is 0.967 bits per heavy atom. The third kappa shape index (κ3) is 4.74. The third-order valence-electron chi connectivity index (χ3n) is 5.60. The van der Waals surface area contributed by atoms with Crippen LogP contribution in [-0.2, 0) is 6.42 Å². The molecule has 6 nitrogen and oxygen atoms in total. The topological polar surface area (TPSA) is 64.5 Å². The summed E-state index contributed by atoms with van der Waals surface area (Å²) in [6.45, 7) is 8.21. The maximum atomic E-state index is 9.76. The second kappa shape index (κ2) is 9.45. The van der Waals surface area contributed by atoms with E-state index in [2.05, 4.69) is 68.7 Å². The Hall–Kier alpha value is -2.64. The van der Waals surface area contributed by atoms with Gasteiger partial charge < -0.3 is 20.2 Å². The molecule has 1 aliphatic rings. The lowest BCUT2D eigenvalue weighted by Crippen LogP contribution is -2.47. The smallest absolute Gasteiger partial charge is 0.236 e. The molecule has 4 rings (SSSR count). The van der Waals surface area contributed by atoms with E-state index in [0.717, 1.165) is 37.7 Å². The van der Waals surface area contributed by atoms with E-state index >= 15 is 0 Å². The lowest BCUT2D eigenvalue weighted by atomic mass is 10.1. The normalized spacial score (nSPS) is 15.3. The van der Waals surface area contributed by atoms with Crippen LogP contribution in [0.25, 0.3) is 0 Å². The van der Waals surface area contributed by atoms with Crippen molar-refractivity contribution in [3.8, 4) is 0 Å². The highest BCUT2D eigenvalue weighted by Gasteiger charge is 2.22. The number of aliphatic hydroxyl groups is 1. The summed E-state index contributed by atoms with van der Waals surface area (Å²) in [6.07, 6.45) is 0.736. The highest BCUT2D eigenvalue weighted by atomic mass is 32.1. The van der Waals surface area contributed by atoms with Gasteiger partial charge in [0.15, 0.2) is 0 Å². The van der Waals surface area contributed by atoms with E-state index in [1.165, 1.54) is 33.9 Å². The molecule has 7 heteroatoms. The Bertz CT molecular complexity index is 933. The first-order valence-electron chi connectivity index (χ1n) is 10.4. The van der Waals surface area contributed by atoms with Crippen LogP contribution in [0.3, 0.4) is 0 Å². The SMILES string of the molecule is Cc1cccc(C)c1N1CCN(c2nc(NC(CO)Cc3ccccc3)ns2)CC1. The summed E-state index contributed by atoms with van der Waals surface area (Å²) in [6, 6.07) is 16.6. The molecule has 0 spiro atoms. The van der Waals surface area contributed by atoms with E-state index in [1.807, 2.05) is 18.2 Å². The summed E-state index contributed by atoms with van der Waals surface area (Å²) in [5.74, 6) is 0.599. The van der Waals surface area contributed by atoms with Crippen LogP contribution in [0.4, 0.5) is 16.8 Å². The number of aryl methyl sites for hydroxylation is 2. The van der Waals surface area contributed by atoms with Crippen LogP contribution in [0.5, 0.6) is 0 Å². The molecule has 2 heterocycles. The van der Waals surface area contributed by atoms with Gasteiger partial charge in [-0.15, -0.1) is 0 Å². The summed E-state index contributed by atoms with van der Waals surface area (Å²) in [4.78, 5) is 9.47. The number of nitrogens with zero attached hydrogens (tertiary/aromatic N) is 4. The van der Waals surface area contributed by atoms with E-state index in [1.54, 1.807) is 0 Å². The molecule has 1 atom stereocenters. The Balaban J connectivity index is 1.35. The summed E-state index contributed by atoms with van der Waals surface area (Å²) < 4.78 is 4.48. The van der Waals surface area contributed by atoms with E-state index in [-0.39, 0.29) is 12.6 Å². The zero-order valence-electron chi connectivity index (χ0n) is 17.6. The van der Waals surface area contributed by atoms with E-state index in [4.69, 9.17) is 0 Å². The number of nitrogens with one attached hydrogen (secondary N) is 1. The number of hydrogen-bond donors (Lipinski definition) is 2. The Labute approximate surface area is 182 Å². The standard InChI is InChI=1S/C23H29N5OS/c1-17-7-6-8-18(2)21(17)27-11-13-28(14-12-27)23-25-22(26-30-23)24-20(16-29)15-19-9-4-3-5-10-19/h3-10,20,29H,11-16H2,1-2H3,(H,24,26). The fraction of sp³-hybridized carbons (Fsp3) is 0.391. The molecule has 158 valence electrons. The lowest BCUT2D eigenvalue weighted by Gasteiger charge is -2.37. The molecule has 0 radical (unpaired) electrons. The van der Waals surface area contributed by atoms with Crippen molar-refractivity contribution in [3.63, 3.8) is 0 Å². The van der Waals surface area contributed by atoms with Gasteiger partial charge in [0.05, 0.1) is 12.6 Å². The molecular formula is C23H29N5OS. The lowest BCUT2D eigenvalue weighted by molar-refractivity contribution is 0.273. The monoisotopic (exact) mass is 423 g/mol. The van der Waals surface area contributed by atoms with Gasteiger partial charge in [0, 0.05) is 43.4 Å². The molecule has 0 aliphatic carbocycles. The highest BCUT2D eigenvalue weighted by molar-refractivity contribution is 7.09. The number of piperazine rings is 1. The average molecular weight is 424 g/mol. The first-order chi connectivity index (χ1) is 14.6. The third-order valence-corrected chi connectivity index (χ3v) is 6.38. The second-order valence-electron chi connectivity index (χ2n) is 7.83. The molecule has 3 aromatic rings. The number of hydrogen-bond acceptors (Lipinski definition) is 7. The van der Waals surface area contributed by atoms with Crippen molar-refractivity contribution < 1.29 is 5.11 Å². The molecule has 0 bridgehead atoms. The number of para-hydroxylation sites is 1. The largest absolute Gasteiger partial charge is 0.394 e. The van der Waals surface area contributed by atoms with Crippen LogP contribution in [0.1, 0.15) is 16.7 Å². The summed E-state index contributed by atoms with van der Waals surface area (Å²) in [7, 11) is 0. The van der Waals surface area contributed by atoms with Crippen molar-refractivity contribution in [3.05, 3.63) is 65.2 Å². The number of benzene rings is 2. The average Bonchev–Trinajstić information content (AvgIpc) is 3.23. The van der Waals surface area contributed by atoms with Crippen molar-refractivity contribution in [2.75, 3.05) is 47.9 Å². The fourth-order valence-electron chi connectivity index (χ4n) is 4.07. The molecule has 1 unspecified atom stereocenters. The number of anilines is 3. The molecule has 0 saturated carbocycles. The maximum Gasteiger partial charge on any atom is 0.236 e. The van der Waals surface area contributed by atoms with Gasteiger partial charge in [0.25, 0.3) is 0 Å². The molecule has 30 heavy (non-hydrogen) atoms. The van der Waals surface area contributed by atoms with Gasteiger partial charge >= 0.3 is 0 Å². The van der Waals surface area contributed by atoms with Gasteiger partial charge in [-0.2, -0.15) is 9.36 Å².